The SMILES string of the molecule is CCOC(=O)C(=Cc1ccc(-c2ccc(F)cc2)o1)C(=O)OCC. The molecule has 2 rings (SSSR count). The quantitative estimate of drug-likeness (QED) is 0.350. The van der Waals surface area contributed by atoms with Crippen LogP contribution in [0.5, 0.6) is 0 Å². The molecule has 0 saturated carbocycles. The third kappa shape index (κ3) is 4.32. The Kier molecular flexibility index (Phi) is 5.89. The first-order valence-corrected chi connectivity index (χ1v) is 7.46. The van der Waals surface area contributed by atoms with Crippen molar-refractivity contribution in [3.63, 3.8) is 0 Å². The molecule has 126 valence electrons. The van der Waals surface area contributed by atoms with Gasteiger partial charge in [0.2, 0.25) is 0 Å². The molecule has 0 aliphatic rings. The van der Waals surface area contributed by atoms with E-state index in [1.165, 1.54) is 18.2 Å². The summed E-state index contributed by atoms with van der Waals surface area (Å²) in [4.78, 5) is 23.8. The number of carbonyl (C=O) groups excluding carboxylic acids is 2. The van der Waals surface area contributed by atoms with Gasteiger partial charge in [-0.1, -0.05) is 0 Å². The third-order valence-corrected chi connectivity index (χ3v) is 3.03. The molecule has 0 amide bonds. The zero-order chi connectivity index (χ0) is 17.5. The molecule has 0 saturated heterocycles. The van der Waals surface area contributed by atoms with Gasteiger partial charge >= 0.3 is 11.9 Å². The monoisotopic (exact) mass is 332 g/mol. The number of carbonyl (C=O) groups is 2. The summed E-state index contributed by atoms with van der Waals surface area (Å²) in [7, 11) is 0. The molecule has 0 fully saturated rings. The lowest BCUT2D eigenvalue weighted by atomic mass is 10.2. The number of hydrogen-bond acceptors (Lipinski definition) is 5. The largest absolute Gasteiger partial charge is 0.462 e. The molecule has 5 nitrogen and oxygen atoms in total. The van der Waals surface area contributed by atoms with E-state index in [2.05, 4.69) is 0 Å². The lowest BCUT2D eigenvalue weighted by Gasteiger charge is -2.05. The number of esters is 2. The van der Waals surface area contributed by atoms with Crippen molar-refractivity contribution in [1.29, 1.82) is 0 Å². The van der Waals surface area contributed by atoms with Crippen LogP contribution < -0.4 is 0 Å². The van der Waals surface area contributed by atoms with Crippen LogP contribution in [0.15, 0.2) is 46.4 Å². The Labute approximate surface area is 138 Å². The summed E-state index contributed by atoms with van der Waals surface area (Å²) < 4.78 is 28.3. The molecule has 0 radical (unpaired) electrons. The van der Waals surface area contributed by atoms with Crippen LogP contribution in [0.2, 0.25) is 0 Å². The molecule has 1 aromatic carbocycles. The first-order valence-electron chi connectivity index (χ1n) is 7.46. The summed E-state index contributed by atoms with van der Waals surface area (Å²) in [5.41, 5.74) is 0.420. The molecular weight excluding hydrogens is 315 g/mol. The van der Waals surface area contributed by atoms with E-state index >= 15 is 0 Å². The molecule has 1 heterocycles. The van der Waals surface area contributed by atoms with Gasteiger partial charge in [0.15, 0.2) is 0 Å². The maximum atomic E-state index is 13.0. The molecule has 0 aliphatic heterocycles. The zero-order valence-electron chi connectivity index (χ0n) is 13.4. The van der Waals surface area contributed by atoms with Gasteiger partial charge in [-0.2, -0.15) is 0 Å². The van der Waals surface area contributed by atoms with Crippen molar-refractivity contribution in [2.45, 2.75) is 13.8 Å². The third-order valence-electron chi connectivity index (χ3n) is 3.03. The number of halogens is 1. The fourth-order valence-electron chi connectivity index (χ4n) is 1.96. The smallest absolute Gasteiger partial charge is 0.345 e. The van der Waals surface area contributed by atoms with Crippen molar-refractivity contribution in [2.75, 3.05) is 13.2 Å². The van der Waals surface area contributed by atoms with E-state index in [0.717, 1.165) is 0 Å². The van der Waals surface area contributed by atoms with E-state index in [1.54, 1.807) is 38.1 Å². The molecule has 0 spiro atoms. The highest BCUT2D eigenvalue weighted by atomic mass is 19.1. The van der Waals surface area contributed by atoms with Crippen molar-refractivity contribution in [2.24, 2.45) is 0 Å². The van der Waals surface area contributed by atoms with Crippen molar-refractivity contribution >= 4 is 18.0 Å². The summed E-state index contributed by atoms with van der Waals surface area (Å²) in [5.74, 6) is -1.15. The maximum absolute atomic E-state index is 13.0. The van der Waals surface area contributed by atoms with Gasteiger partial charge in [-0.25, -0.2) is 14.0 Å². The molecule has 6 heteroatoms. The fourth-order valence-corrected chi connectivity index (χ4v) is 1.96. The summed E-state index contributed by atoms with van der Waals surface area (Å²) in [6.07, 6.45) is 1.27. The van der Waals surface area contributed by atoms with Crippen LogP contribution in [-0.2, 0) is 19.1 Å². The maximum Gasteiger partial charge on any atom is 0.345 e. The van der Waals surface area contributed by atoms with Crippen LogP contribution in [0.4, 0.5) is 4.39 Å². The van der Waals surface area contributed by atoms with Crippen LogP contribution >= 0.6 is 0 Å². The van der Waals surface area contributed by atoms with E-state index in [-0.39, 0.29) is 30.4 Å². The van der Waals surface area contributed by atoms with Gasteiger partial charge in [-0.15, -0.1) is 0 Å². The van der Waals surface area contributed by atoms with Gasteiger partial charge in [0.1, 0.15) is 22.9 Å². The minimum absolute atomic E-state index is 0.133. The van der Waals surface area contributed by atoms with Gasteiger partial charge in [-0.05, 0) is 50.2 Å². The van der Waals surface area contributed by atoms with E-state index < -0.39 is 11.9 Å². The van der Waals surface area contributed by atoms with E-state index in [1.807, 2.05) is 0 Å². The topological polar surface area (TPSA) is 65.7 Å². The lowest BCUT2D eigenvalue weighted by Crippen LogP contribution is -2.18. The van der Waals surface area contributed by atoms with Crippen molar-refractivity contribution in [3.8, 4) is 11.3 Å². The molecule has 2 aromatic rings. The summed E-state index contributed by atoms with van der Waals surface area (Å²) in [5, 5.41) is 0. The highest BCUT2D eigenvalue weighted by Crippen LogP contribution is 2.24. The van der Waals surface area contributed by atoms with E-state index in [4.69, 9.17) is 13.9 Å². The second-order valence-electron chi connectivity index (χ2n) is 4.71. The van der Waals surface area contributed by atoms with Crippen molar-refractivity contribution < 1.29 is 27.9 Å². The molecule has 1 aromatic heterocycles. The van der Waals surface area contributed by atoms with Gasteiger partial charge in [0.05, 0.1) is 13.2 Å². The Morgan fingerprint density at radius 3 is 2.12 bits per heavy atom. The number of furan rings is 1. The highest BCUT2D eigenvalue weighted by molar-refractivity contribution is 6.17. The molecule has 0 bridgehead atoms. The minimum atomic E-state index is -0.782. The molecular formula is C18H17FO5. The van der Waals surface area contributed by atoms with E-state index in [9.17, 15) is 14.0 Å². The predicted molar refractivity (Wildman–Crippen MR) is 85.3 cm³/mol. The molecule has 0 N–H and O–H groups in total. The normalized spacial score (nSPS) is 10.1. The van der Waals surface area contributed by atoms with Crippen LogP contribution in [0.25, 0.3) is 17.4 Å². The zero-order valence-corrected chi connectivity index (χ0v) is 13.4. The fraction of sp³-hybridized carbons (Fsp3) is 0.222. The first-order chi connectivity index (χ1) is 11.5. The average Bonchev–Trinajstić information content (AvgIpc) is 3.02. The minimum Gasteiger partial charge on any atom is -0.462 e. The van der Waals surface area contributed by atoms with Crippen molar-refractivity contribution in [1.82, 2.24) is 0 Å². The molecule has 0 unspecified atom stereocenters. The Balaban J connectivity index is 2.30. The number of ether oxygens (including phenoxy) is 2. The van der Waals surface area contributed by atoms with Crippen LogP contribution in [0.1, 0.15) is 19.6 Å². The number of rotatable bonds is 6. The van der Waals surface area contributed by atoms with Gasteiger partial charge in [0, 0.05) is 11.6 Å². The van der Waals surface area contributed by atoms with Crippen LogP contribution in [0, 0.1) is 5.82 Å². The second-order valence-corrected chi connectivity index (χ2v) is 4.71. The van der Waals surface area contributed by atoms with E-state index in [0.29, 0.717) is 11.3 Å². The molecule has 0 aliphatic carbocycles. The highest BCUT2D eigenvalue weighted by Gasteiger charge is 2.21. The predicted octanol–water partition coefficient (Wildman–Crippen LogP) is 3.60. The lowest BCUT2D eigenvalue weighted by molar-refractivity contribution is -0.146. The summed E-state index contributed by atoms with van der Waals surface area (Å²) in [6, 6.07) is 9.02. The Hall–Kier alpha value is -2.89. The standard InChI is InChI=1S/C18H17FO5/c1-3-22-17(20)15(18(21)23-4-2)11-14-9-10-16(24-14)12-5-7-13(19)8-6-12/h5-11H,3-4H2,1-2H3. The first kappa shape index (κ1) is 17.5. The Morgan fingerprint density at radius 2 is 1.58 bits per heavy atom. The van der Waals surface area contributed by atoms with Gasteiger partial charge in [0.25, 0.3) is 0 Å². The second kappa shape index (κ2) is 8.10. The Morgan fingerprint density at radius 1 is 1.00 bits per heavy atom. The van der Waals surface area contributed by atoms with Crippen LogP contribution in [0.3, 0.4) is 0 Å². The van der Waals surface area contributed by atoms with Crippen LogP contribution in [-0.4, -0.2) is 25.2 Å². The summed E-state index contributed by atoms with van der Waals surface area (Å²) >= 11 is 0. The van der Waals surface area contributed by atoms with Gasteiger partial charge in [-0.3, -0.25) is 0 Å². The molecule has 24 heavy (non-hydrogen) atoms. The van der Waals surface area contributed by atoms with Gasteiger partial charge < -0.3 is 13.9 Å². The number of benzene rings is 1. The Bertz CT molecular complexity index is 723. The molecule has 0 atom stereocenters. The number of hydrogen-bond donors (Lipinski definition) is 0. The average molecular weight is 332 g/mol. The van der Waals surface area contributed by atoms with Crippen molar-refractivity contribution in [3.05, 3.63) is 53.5 Å². The summed E-state index contributed by atoms with van der Waals surface area (Å²) in [6.45, 7) is 3.55.